The van der Waals surface area contributed by atoms with Crippen molar-refractivity contribution in [2.45, 2.75) is 20.0 Å². The van der Waals surface area contributed by atoms with E-state index in [0.29, 0.717) is 18.1 Å². The maximum Gasteiger partial charge on any atom is 0.293 e. The molecule has 29 heavy (non-hydrogen) atoms. The molecule has 0 spiro atoms. The fourth-order valence-corrected chi connectivity index (χ4v) is 4.09. The first-order valence-corrected chi connectivity index (χ1v) is 10.4. The topological polar surface area (TPSA) is 46.6 Å². The molecule has 1 aliphatic rings. The van der Waals surface area contributed by atoms with Crippen molar-refractivity contribution in [3.05, 3.63) is 82.8 Å². The Labute approximate surface area is 174 Å². The maximum absolute atomic E-state index is 12.3. The van der Waals surface area contributed by atoms with Crippen molar-refractivity contribution in [3.8, 4) is 5.75 Å². The summed E-state index contributed by atoms with van der Waals surface area (Å²) in [6, 6.07) is 22.1. The van der Waals surface area contributed by atoms with Gasteiger partial charge in [-0.05, 0) is 64.4 Å². The van der Waals surface area contributed by atoms with E-state index < -0.39 is 0 Å². The molecule has 0 atom stereocenters. The number of hydrogen-bond acceptors (Lipinski definition) is 4. The number of ether oxygens (including phenoxy) is 1. The highest BCUT2D eigenvalue weighted by Crippen LogP contribution is 2.32. The number of rotatable bonds is 6. The molecule has 1 aliphatic heterocycles. The first kappa shape index (κ1) is 19.3. The van der Waals surface area contributed by atoms with E-state index in [-0.39, 0.29) is 11.1 Å². The molecular formula is C24H21NO3S. The van der Waals surface area contributed by atoms with Gasteiger partial charge in [-0.3, -0.25) is 14.5 Å². The summed E-state index contributed by atoms with van der Waals surface area (Å²) in [6.45, 7) is 2.90. The van der Waals surface area contributed by atoms with Gasteiger partial charge in [0.1, 0.15) is 12.4 Å². The van der Waals surface area contributed by atoms with Gasteiger partial charge < -0.3 is 4.74 Å². The molecular weight excluding hydrogens is 382 g/mol. The largest absolute Gasteiger partial charge is 0.489 e. The van der Waals surface area contributed by atoms with Crippen molar-refractivity contribution >= 4 is 39.8 Å². The van der Waals surface area contributed by atoms with Gasteiger partial charge in [0.05, 0.1) is 4.91 Å². The van der Waals surface area contributed by atoms with E-state index in [1.807, 2.05) is 43.3 Å². The third-order valence-corrected chi connectivity index (χ3v) is 5.63. The zero-order valence-corrected chi connectivity index (χ0v) is 16.9. The number of benzene rings is 3. The van der Waals surface area contributed by atoms with Gasteiger partial charge in [-0.1, -0.05) is 55.5 Å². The number of carbonyl (C=O) groups excluding carboxylic acids is 2. The van der Waals surface area contributed by atoms with Crippen LogP contribution in [0.3, 0.4) is 0 Å². The minimum absolute atomic E-state index is 0.196. The Balaban J connectivity index is 1.41. The van der Waals surface area contributed by atoms with Crippen LogP contribution in [-0.2, 0) is 11.4 Å². The maximum atomic E-state index is 12.3. The van der Waals surface area contributed by atoms with Crippen LogP contribution in [0.2, 0.25) is 0 Å². The molecule has 1 saturated heterocycles. The molecule has 0 saturated carbocycles. The van der Waals surface area contributed by atoms with Crippen LogP contribution in [-0.4, -0.2) is 22.6 Å². The van der Waals surface area contributed by atoms with Crippen molar-refractivity contribution in [1.82, 2.24) is 4.90 Å². The lowest BCUT2D eigenvalue weighted by Crippen LogP contribution is -2.28. The van der Waals surface area contributed by atoms with Gasteiger partial charge in [-0.2, -0.15) is 0 Å². The Morgan fingerprint density at radius 3 is 2.48 bits per heavy atom. The standard InChI is InChI=1S/C24H21NO3S/c1-2-13-25-23(26)22(29-24(25)27)15-17-8-11-21(12-9-17)28-16-18-7-10-19-5-3-4-6-20(19)14-18/h3-12,14-15H,2,13,16H2,1H3/b22-15+. The van der Waals surface area contributed by atoms with E-state index in [1.165, 1.54) is 15.7 Å². The SMILES string of the molecule is CCCN1C(=O)S/C(=C/c2ccc(OCc3ccc4ccccc4c3)cc2)C1=O. The molecule has 2 amide bonds. The normalized spacial score (nSPS) is 15.5. The van der Waals surface area contributed by atoms with Gasteiger partial charge in [0.2, 0.25) is 0 Å². The van der Waals surface area contributed by atoms with Gasteiger partial charge in [0, 0.05) is 6.54 Å². The van der Waals surface area contributed by atoms with E-state index in [2.05, 4.69) is 30.3 Å². The van der Waals surface area contributed by atoms with Crippen LogP contribution < -0.4 is 4.74 Å². The summed E-state index contributed by atoms with van der Waals surface area (Å²) >= 11 is 0.996. The summed E-state index contributed by atoms with van der Waals surface area (Å²) in [5, 5.41) is 2.21. The monoisotopic (exact) mass is 403 g/mol. The predicted molar refractivity (Wildman–Crippen MR) is 118 cm³/mol. The van der Waals surface area contributed by atoms with Gasteiger partial charge in [-0.15, -0.1) is 0 Å². The van der Waals surface area contributed by atoms with Crippen LogP contribution in [0.1, 0.15) is 24.5 Å². The highest BCUT2D eigenvalue weighted by molar-refractivity contribution is 8.18. The van der Waals surface area contributed by atoms with Crippen LogP contribution >= 0.6 is 11.8 Å². The Hall–Kier alpha value is -3.05. The molecule has 5 heteroatoms. The van der Waals surface area contributed by atoms with E-state index in [4.69, 9.17) is 4.74 Å². The molecule has 0 radical (unpaired) electrons. The minimum Gasteiger partial charge on any atom is -0.489 e. The molecule has 4 rings (SSSR count). The van der Waals surface area contributed by atoms with Crippen molar-refractivity contribution in [3.63, 3.8) is 0 Å². The summed E-state index contributed by atoms with van der Waals surface area (Å²) in [5.74, 6) is 0.549. The average Bonchev–Trinajstić information content (AvgIpc) is 3.01. The van der Waals surface area contributed by atoms with E-state index in [0.717, 1.165) is 35.1 Å². The Kier molecular flexibility index (Phi) is 5.67. The number of amides is 2. The molecule has 146 valence electrons. The van der Waals surface area contributed by atoms with Gasteiger partial charge in [0.15, 0.2) is 0 Å². The highest BCUT2D eigenvalue weighted by Gasteiger charge is 2.34. The summed E-state index contributed by atoms with van der Waals surface area (Å²) in [6.07, 6.45) is 2.52. The fraction of sp³-hybridized carbons (Fsp3) is 0.167. The fourth-order valence-electron chi connectivity index (χ4n) is 3.22. The summed E-state index contributed by atoms with van der Waals surface area (Å²) in [4.78, 5) is 26.0. The molecule has 3 aromatic carbocycles. The van der Waals surface area contributed by atoms with Crippen molar-refractivity contribution in [2.24, 2.45) is 0 Å². The number of nitrogens with zero attached hydrogens (tertiary/aromatic N) is 1. The van der Waals surface area contributed by atoms with Gasteiger partial charge in [-0.25, -0.2) is 0 Å². The molecule has 0 N–H and O–H groups in total. The quantitative estimate of drug-likeness (QED) is 0.483. The van der Waals surface area contributed by atoms with Crippen LogP contribution in [0.25, 0.3) is 16.8 Å². The highest BCUT2D eigenvalue weighted by atomic mass is 32.2. The smallest absolute Gasteiger partial charge is 0.293 e. The van der Waals surface area contributed by atoms with E-state index >= 15 is 0 Å². The number of imide groups is 1. The first-order valence-electron chi connectivity index (χ1n) is 9.60. The third-order valence-electron chi connectivity index (χ3n) is 4.72. The second kappa shape index (κ2) is 8.53. The number of fused-ring (bicyclic) bond motifs is 1. The molecule has 1 heterocycles. The number of thioether (sulfide) groups is 1. The minimum atomic E-state index is -0.210. The molecule has 4 nitrogen and oxygen atoms in total. The number of hydrogen-bond donors (Lipinski definition) is 0. The van der Waals surface area contributed by atoms with E-state index in [9.17, 15) is 9.59 Å². The Bertz CT molecular complexity index is 1090. The summed E-state index contributed by atoms with van der Waals surface area (Å²) in [7, 11) is 0. The second-order valence-corrected chi connectivity index (χ2v) is 7.87. The summed E-state index contributed by atoms with van der Waals surface area (Å²) < 4.78 is 5.90. The first-order chi connectivity index (χ1) is 14.1. The van der Waals surface area contributed by atoms with Gasteiger partial charge in [0.25, 0.3) is 11.1 Å². The predicted octanol–water partition coefficient (Wildman–Crippen LogP) is 5.87. The van der Waals surface area contributed by atoms with Crippen molar-refractivity contribution in [2.75, 3.05) is 6.54 Å². The molecule has 0 unspecified atom stereocenters. The molecule has 1 fully saturated rings. The lowest BCUT2D eigenvalue weighted by molar-refractivity contribution is -0.122. The second-order valence-electron chi connectivity index (χ2n) is 6.87. The lowest BCUT2D eigenvalue weighted by atomic mass is 10.1. The Morgan fingerprint density at radius 2 is 1.72 bits per heavy atom. The van der Waals surface area contributed by atoms with Crippen LogP contribution in [0, 0.1) is 0 Å². The zero-order chi connectivity index (χ0) is 20.2. The summed E-state index contributed by atoms with van der Waals surface area (Å²) in [5.41, 5.74) is 1.97. The van der Waals surface area contributed by atoms with E-state index in [1.54, 1.807) is 6.08 Å². The molecule has 0 aromatic heterocycles. The Morgan fingerprint density at radius 1 is 0.966 bits per heavy atom. The van der Waals surface area contributed by atoms with Crippen molar-refractivity contribution < 1.29 is 14.3 Å². The van der Waals surface area contributed by atoms with Gasteiger partial charge >= 0.3 is 0 Å². The van der Waals surface area contributed by atoms with Crippen LogP contribution in [0.15, 0.2) is 71.6 Å². The lowest BCUT2D eigenvalue weighted by Gasteiger charge is -2.09. The number of carbonyl (C=O) groups is 2. The zero-order valence-electron chi connectivity index (χ0n) is 16.1. The molecule has 0 aliphatic carbocycles. The molecule has 3 aromatic rings. The van der Waals surface area contributed by atoms with Crippen LogP contribution in [0.4, 0.5) is 4.79 Å². The van der Waals surface area contributed by atoms with Crippen molar-refractivity contribution in [1.29, 1.82) is 0 Å². The average molecular weight is 404 g/mol. The molecule has 0 bridgehead atoms. The third kappa shape index (κ3) is 4.35. The van der Waals surface area contributed by atoms with Crippen LogP contribution in [0.5, 0.6) is 5.75 Å².